The van der Waals surface area contributed by atoms with Gasteiger partial charge in [-0.25, -0.2) is 13.2 Å². The summed E-state index contributed by atoms with van der Waals surface area (Å²) in [6.45, 7) is 0.862. The summed E-state index contributed by atoms with van der Waals surface area (Å²) in [6, 6.07) is 1.67. The molecule has 0 aliphatic carbocycles. The Morgan fingerprint density at radius 2 is 1.89 bits per heavy atom. The maximum Gasteiger partial charge on any atom is 0.256 e. The minimum absolute atomic E-state index is 0. The van der Waals surface area contributed by atoms with Gasteiger partial charge in [-0.2, -0.15) is 0 Å². The molecule has 0 radical (unpaired) electrons. The van der Waals surface area contributed by atoms with E-state index < -0.39 is 28.9 Å². The van der Waals surface area contributed by atoms with Crippen LogP contribution in [0.5, 0.6) is 0 Å². The topological polar surface area (TPSA) is 32.3 Å². The third-order valence-electron chi connectivity index (χ3n) is 2.31. The van der Waals surface area contributed by atoms with Gasteiger partial charge in [0.25, 0.3) is 5.91 Å². The molecular formula is C11H14ClF3N2O. The first-order valence-corrected chi connectivity index (χ1v) is 5.02. The number of amides is 1. The van der Waals surface area contributed by atoms with Crippen LogP contribution >= 0.6 is 12.4 Å². The lowest BCUT2D eigenvalue weighted by molar-refractivity contribution is 0.0791. The highest BCUT2D eigenvalue weighted by Crippen LogP contribution is 2.16. The molecule has 1 N–H and O–H groups in total. The van der Waals surface area contributed by atoms with Crippen molar-refractivity contribution in [1.82, 2.24) is 10.2 Å². The van der Waals surface area contributed by atoms with Crippen molar-refractivity contribution in [2.24, 2.45) is 0 Å². The first-order valence-electron chi connectivity index (χ1n) is 5.02. The third-order valence-corrected chi connectivity index (χ3v) is 2.31. The fourth-order valence-corrected chi connectivity index (χ4v) is 1.28. The summed E-state index contributed by atoms with van der Waals surface area (Å²) in [6.07, 6.45) is 0. The summed E-state index contributed by atoms with van der Waals surface area (Å²) < 4.78 is 38.9. The highest BCUT2D eigenvalue weighted by molar-refractivity contribution is 5.94. The highest BCUT2D eigenvalue weighted by Gasteiger charge is 2.20. The lowest BCUT2D eigenvalue weighted by Gasteiger charge is -2.17. The predicted octanol–water partition coefficient (Wildman–Crippen LogP) is 1.82. The Morgan fingerprint density at radius 3 is 2.44 bits per heavy atom. The first kappa shape index (κ1) is 16.7. The second-order valence-corrected chi connectivity index (χ2v) is 3.55. The van der Waals surface area contributed by atoms with E-state index in [4.69, 9.17) is 0 Å². The summed E-state index contributed by atoms with van der Waals surface area (Å²) in [4.78, 5) is 12.9. The molecule has 1 aromatic rings. The van der Waals surface area contributed by atoms with Gasteiger partial charge in [-0.1, -0.05) is 0 Å². The molecule has 0 fully saturated rings. The van der Waals surface area contributed by atoms with Crippen LogP contribution in [0.25, 0.3) is 0 Å². The number of likely N-dealkylation sites (N-methyl/N-ethyl adjacent to an activating group) is 2. The van der Waals surface area contributed by atoms with E-state index in [0.29, 0.717) is 13.1 Å². The van der Waals surface area contributed by atoms with Crippen molar-refractivity contribution in [2.75, 3.05) is 27.2 Å². The molecule has 1 amide bonds. The third kappa shape index (κ3) is 3.61. The quantitative estimate of drug-likeness (QED) is 0.855. The van der Waals surface area contributed by atoms with E-state index >= 15 is 0 Å². The molecule has 0 atom stereocenters. The van der Waals surface area contributed by atoms with Crippen molar-refractivity contribution in [2.45, 2.75) is 0 Å². The Balaban J connectivity index is 0.00000289. The number of rotatable bonds is 4. The average molecular weight is 283 g/mol. The number of nitrogens with one attached hydrogen (secondary N) is 1. The summed E-state index contributed by atoms with van der Waals surface area (Å²) in [5.41, 5.74) is -0.470. The Morgan fingerprint density at radius 1 is 1.28 bits per heavy atom. The number of hydrogen-bond acceptors (Lipinski definition) is 2. The van der Waals surface area contributed by atoms with Crippen LogP contribution in [0.3, 0.4) is 0 Å². The Bertz CT molecular complexity index is 429. The summed E-state index contributed by atoms with van der Waals surface area (Å²) in [5, 5.41) is 2.82. The van der Waals surface area contributed by atoms with E-state index in [2.05, 4.69) is 5.32 Å². The summed E-state index contributed by atoms with van der Waals surface area (Å²) in [7, 11) is 3.16. The molecule has 18 heavy (non-hydrogen) atoms. The zero-order valence-electron chi connectivity index (χ0n) is 9.97. The van der Waals surface area contributed by atoms with Crippen LogP contribution in [0.1, 0.15) is 10.4 Å². The van der Waals surface area contributed by atoms with Crippen LogP contribution < -0.4 is 5.32 Å². The molecule has 0 aliphatic heterocycles. The van der Waals surface area contributed by atoms with Crippen molar-refractivity contribution in [3.8, 4) is 0 Å². The van der Waals surface area contributed by atoms with E-state index in [-0.39, 0.29) is 12.4 Å². The van der Waals surface area contributed by atoms with Crippen LogP contribution in [-0.2, 0) is 0 Å². The van der Waals surface area contributed by atoms with Crippen molar-refractivity contribution >= 4 is 18.3 Å². The van der Waals surface area contributed by atoms with Crippen molar-refractivity contribution < 1.29 is 18.0 Å². The highest BCUT2D eigenvalue weighted by atomic mass is 35.5. The van der Waals surface area contributed by atoms with Gasteiger partial charge in [0, 0.05) is 20.1 Å². The van der Waals surface area contributed by atoms with Gasteiger partial charge in [-0.05, 0) is 19.2 Å². The van der Waals surface area contributed by atoms with Crippen LogP contribution in [0, 0.1) is 17.5 Å². The molecule has 0 bridgehead atoms. The lowest BCUT2D eigenvalue weighted by atomic mass is 10.1. The smallest absolute Gasteiger partial charge is 0.256 e. The van der Waals surface area contributed by atoms with E-state index in [1.807, 2.05) is 0 Å². The second kappa shape index (κ2) is 7.23. The zero-order valence-corrected chi connectivity index (χ0v) is 10.8. The number of carbonyl (C=O) groups excluding carboxylic acids is 1. The van der Waals surface area contributed by atoms with Crippen molar-refractivity contribution in [3.05, 3.63) is 35.1 Å². The van der Waals surface area contributed by atoms with Gasteiger partial charge < -0.3 is 10.2 Å². The normalized spacial score (nSPS) is 9.83. The number of benzene rings is 1. The molecule has 1 aromatic carbocycles. The molecular weight excluding hydrogens is 269 g/mol. The number of nitrogens with zero attached hydrogens (tertiary/aromatic N) is 1. The standard InChI is InChI=1S/C11H13F3N2O.ClH/c1-15-5-6-16(2)11(17)7-3-4-8(12)10(14)9(7)13;/h3-4,15H,5-6H2,1-2H3;1H. The van der Waals surface area contributed by atoms with Gasteiger partial charge in [-0.15, -0.1) is 12.4 Å². The summed E-state index contributed by atoms with van der Waals surface area (Å²) in [5.74, 6) is -5.07. The SMILES string of the molecule is CNCCN(C)C(=O)c1ccc(F)c(F)c1F.Cl. The molecule has 0 spiro atoms. The summed E-state index contributed by atoms with van der Waals surface area (Å²) >= 11 is 0. The Kier molecular flexibility index (Phi) is 6.72. The molecule has 0 heterocycles. The van der Waals surface area contributed by atoms with E-state index in [1.54, 1.807) is 7.05 Å². The minimum atomic E-state index is -1.63. The van der Waals surface area contributed by atoms with E-state index in [9.17, 15) is 18.0 Å². The fourth-order valence-electron chi connectivity index (χ4n) is 1.28. The van der Waals surface area contributed by atoms with Gasteiger partial charge in [0.2, 0.25) is 0 Å². The Hall–Kier alpha value is -1.27. The maximum atomic E-state index is 13.3. The monoisotopic (exact) mass is 282 g/mol. The van der Waals surface area contributed by atoms with Gasteiger partial charge in [-0.3, -0.25) is 4.79 Å². The fraction of sp³-hybridized carbons (Fsp3) is 0.364. The lowest BCUT2D eigenvalue weighted by Crippen LogP contribution is -2.33. The average Bonchev–Trinajstić information content (AvgIpc) is 2.32. The maximum absolute atomic E-state index is 13.3. The molecule has 7 heteroatoms. The molecule has 0 unspecified atom stereocenters. The van der Waals surface area contributed by atoms with Crippen LogP contribution in [-0.4, -0.2) is 38.0 Å². The zero-order chi connectivity index (χ0) is 13.0. The van der Waals surface area contributed by atoms with Gasteiger partial charge in [0.15, 0.2) is 17.5 Å². The molecule has 1 rings (SSSR count). The number of hydrogen-bond donors (Lipinski definition) is 1. The van der Waals surface area contributed by atoms with Gasteiger partial charge in [0.1, 0.15) is 0 Å². The predicted molar refractivity (Wildman–Crippen MR) is 64.5 cm³/mol. The number of carbonyl (C=O) groups is 1. The first-order chi connectivity index (χ1) is 7.99. The van der Waals surface area contributed by atoms with E-state index in [0.717, 1.165) is 12.1 Å². The molecule has 0 aliphatic rings. The molecule has 0 aromatic heterocycles. The van der Waals surface area contributed by atoms with Crippen molar-refractivity contribution in [3.63, 3.8) is 0 Å². The molecule has 0 saturated carbocycles. The number of halogens is 4. The van der Waals surface area contributed by atoms with Crippen LogP contribution in [0.15, 0.2) is 12.1 Å². The minimum Gasteiger partial charge on any atom is -0.340 e. The van der Waals surface area contributed by atoms with Gasteiger partial charge in [0.05, 0.1) is 5.56 Å². The van der Waals surface area contributed by atoms with Crippen LogP contribution in [0.2, 0.25) is 0 Å². The molecule has 3 nitrogen and oxygen atoms in total. The van der Waals surface area contributed by atoms with Gasteiger partial charge >= 0.3 is 0 Å². The van der Waals surface area contributed by atoms with Crippen molar-refractivity contribution in [1.29, 1.82) is 0 Å². The Labute approximate surface area is 109 Å². The van der Waals surface area contributed by atoms with Crippen LogP contribution in [0.4, 0.5) is 13.2 Å². The molecule has 102 valence electrons. The van der Waals surface area contributed by atoms with E-state index in [1.165, 1.54) is 11.9 Å². The molecule has 0 saturated heterocycles. The second-order valence-electron chi connectivity index (χ2n) is 3.55. The largest absolute Gasteiger partial charge is 0.340 e.